The van der Waals surface area contributed by atoms with E-state index in [1.54, 1.807) is 0 Å². The van der Waals surface area contributed by atoms with Gasteiger partial charge in [0.1, 0.15) is 0 Å². The van der Waals surface area contributed by atoms with Gasteiger partial charge in [-0.1, -0.05) is 63.5 Å². The van der Waals surface area contributed by atoms with Gasteiger partial charge in [0, 0.05) is 12.1 Å². The first-order chi connectivity index (χ1) is 12.9. The summed E-state index contributed by atoms with van der Waals surface area (Å²) in [5.41, 5.74) is 1.15. The second-order valence-electron chi connectivity index (χ2n) is 7.76. The molecule has 5 heteroatoms. The predicted octanol–water partition coefficient (Wildman–Crippen LogP) is 7.70. The van der Waals surface area contributed by atoms with Crippen LogP contribution in [0, 0.1) is 0 Å². The number of nitrogens with zero attached hydrogens (tertiary/aromatic N) is 2. The highest BCUT2D eigenvalue weighted by Crippen LogP contribution is 2.44. The number of hydrogen-bond donors (Lipinski definition) is 0. The normalized spacial score (nSPS) is 21.1. The second-order valence-corrected chi connectivity index (χ2v) is 11.1. The van der Waals surface area contributed by atoms with E-state index in [4.69, 9.17) is 4.98 Å². The molecule has 2 nitrogen and oxygen atoms in total. The minimum atomic E-state index is 0.769. The fraction of sp³-hybridized carbons (Fsp3) is 0.667. The molecule has 0 spiro atoms. The molecule has 1 heterocycles. The fourth-order valence-corrected chi connectivity index (χ4v) is 8.33. The van der Waals surface area contributed by atoms with E-state index in [1.807, 2.05) is 33.1 Å². The van der Waals surface area contributed by atoms with Crippen molar-refractivity contribution in [3.05, 3.63) is 24.3 Å². The molecule has 0 aliphatic heterocycles. The highest BCUT2D eigenvalue weighted by molar-refractivity contribution is 8.76. The average Bonchev–Trinajstić information content (AvgIpc) is 3.07. The lowest BCUT2D eigenvalue weighted by Crippen LogP contribution is -2.39. The first-order valence-corrected chi connectivity index (χ1v) is 13.3. The highest BCUT2D eigenvalue weighted by Gasteiger charge is 2.29. The van der Waals surface area contributed by atoms with Crippen LogP contribution in [-0.4, -0.2) is 21.4 Å². The largest absolute Gasteiger partial charge is 0.235 e. The van der Waals surface area contributed by atoms with Gasteiger partial charge in [-0.25, -0.2) is 9.29 Å². The molecule has 0 saturated heterocycles. The van der Waals surface area contributed by atoms with E-state index < -0.39 is 0 Å². The Balaban J connectivity index is 1.45. The topological polar surface area (TPSA) is 16.1 Å². The summed E-state index contributed by atoms with van der Waals surface area (Å²) in [6.45, 7) is 0. The van der Waals surface area contributed by atoms with Crippen molar-refractivity contribution < 1.29 is 0 Å². The number of para-hydroxylation sites is 1. The van der Waals surface area contributed by atoms with Gasteiger partial charge in [-0.2, -0.15) is 0 Å². The molecule has 1 aromatic carbocycles. The predicted molar refractivity (Wildman–Crippen MR) is 118 cm³/mol. The third-order valence-corrected chi connectivity index (χ3v) is 9.78. The van der Waals surface area contributed by atoms with Crippen LogP contribution in [0.15, 0.2) is 28.6 Å². The fourth-order valence-electron chi connectivity index (χ4n) is 4.41. The van der Waals surface area contributed by atoms with Crippen molar-refractivity contribution in [2.75, 3.05) is 0 Å². The maximum atomic E-state index is 4.84. The zero-order valence-electron chi connectivity index (χ0n) is 15.6. The second kappa shape index (κ2) is 9.81. The summed E-state index contributed by atoms with van der Waals surface area (Å²) in [6.07, 6.45) is 17.0. The van der Waals surface area contributed by atoms with Gasteiger partial charge in [0.2, 0.25) is 0 Å². The monoisotopic (exact) mass is 406 g/mol. The summed E-state index contributed by atoms with van der Waals surface area (Å²) in [6, 6.07) is 10.1. The van der Waals surface area contributed by atoms with Crippen LogP contribution in [0.1, 0.15) is 77.0 Å². The summed E-state index contributed by atoms with van der Waals surface area (Å²) in [5.74, 6) is 0. The van der Waals surface area contributed by atoms with Crippen molar-refractivity contribution in [1.29, 1.82) is 0 Å². The van der Waals surface area contributed by atoms with Crippen molar-refractivity contribution in [3.63, 3.8) is 0 Å². The number of thiazole rings is 1. The van der Waals surface area contributed by atoms with Crippen molar-refractivity contribution in [1.82, 2.24) is 9.29 Å². The van der Waals surface area contributed by atoms with Crippen molar-refractivity contribution in [2.45, 2.75) is 93.5 Å². The van der Waals surface area contributed by atoms with Gasteiger partial charge < -0.3 is 0 Å². The molecule has 0 radical (unpaired) electrons. The number of hydrogen-bond acceptors (Lipinski definition) is 5. The maximum Gasteiger partial charge on any atom is 0.162 e. The molecule has 2 aliphatic carbocycles. The van der Waals surface area contributed by atoms with E-state index in [0.717, 1.165) is 17.6 Å². The van der Waals surface area contributed by atoms with Crippen molar-refractivity contribution in [2.24, 2.45) is 0 Å². The smallest absolute Gasteiger partial charge is 0.162 e. The third-order valence-electron chi connectivity index (χ3n) is 5.84. The van der Waals surface area contributed by atoms with E-state index in [2.05, 4.69) is 28.6 Å². The van der Waals surface area contributed by atoms with Gasteiger partial charge in [0.05, 0.1) is 10.2 Å². The van der Waals surface area contributed by atoms with Crippen LogP contribution in [-0.2, 0) is 0 Å². The molecule has 2 saturated carbocycles. The molecule has 2 fully saturated rings. The minimum absolute atomic E-state index is 0.769. The van der Waals surface area contributed by atoms with Gasteiger partial charge in [0.15, 0.2) is 4.34 Å². The van der Waals surface area contributed by atoms with E-state index in [0.29, 0.717) is 0 Å². The molecular formula is C21H30N2S3. The van der Waals surface area contributed by atoms with Crippen molar-refractivity contribution in [3.8, 4) is 0 Å². The lowest BCUT2D eigenvalue weighted by molar-refractivity contribution is 0.195. The van der Waals surface area contributed by atoms with E-state index >= 15 is 0 Å². The van der Waals surface area contributed by atoms with E-state index in [-0.39, 0.29) is 0 Å². The lowest BCUT2D eigenvalue weighted by atomic mass is 9.92. The Morgan fingerprint density at radius 1 is 0.808 bits per heavy atom. The van der Waals surface area contributed by atoms with Gasteiger partial charge >= 0.3 is 0 Å². The summed E-state index contributed by atoms with van der Waals surface area (Å²) >= 11 is 1.84. The Morgan fingerprint density at radius 2 is 1.38 bits per heavy atom. The van der Waals surface area contributed by atoms with Gasteiger partial charge in [0.25, 0.3) is 0 Å². The molecule has 4 rings (SSSR count). The summed E-state index contributed by atoms with van der Waals surface area (Å²) < 4.78 is 5.34. The Kier molecular flexibility index (Phi) is 7.21. The zero-order chi connectivity index (χ0) is 17.6. The number of benzene rings is 1. The lowest BCUT2D eigenvalue weighted by Gasteiger charge is -2.39. The van der Waals surface area contributed by atoms with Gasteiger partial charge in [-0.3, -0.25) is 0 Å². The van der Waals surface area contributed by atoms with Crippen LogP contribution in [0.2, 0.25) is 0 Å². The third kappa shape index (κ3) is 4.98. The minimum Gasteiger partial charge on any atom is -0.235 e. The summed E-state index contributed by atoms with van der Waals surface area (Å²) in [7, 11) is 3.92. The number of fused-ring (bicyclic) bond motifs is 1. The van der Waals surface area contributed by atoms with Gasteiger partial charge in [-0.15, -0.1) is 11.3 Å². The molecule has 0 unspecified atom stereocenters. The molecule has 26 heavy (non-hydrogen) atoms. The SMILES string of the molecule is c1ccc2sc(SSN(C3CCCCCCC3)C3CCCCC3)nc2c1. The van der Waals surface area contributed by atoms with E-state index in [9.17, 15) is 0 Å². The zero-order valence-corrected chi connectivity index (χ0v) is 18.0. The quantitative estimate of drug-likeness (QED) is 0.373. The Labute approximate surface area is 170 Å². The Bertz CT molecular complexity index is 640. The van der Waals surface area contributed by atoms with Crippen molar-refractivity contribution >= 4 is 43.3 Å². The molecule has 1 aromatic heterocycles. The summed E-state index contributed by atoms with van der Waals surface area (Å²) in [5, 5.41) is 0. The number of rotatable bonds is 5. The molecular weight excluding hydrogens is 376 g/mol. The van der Waals surface area contributed by atoms with Crippen LogP contribution in [0.3, 0.4) is 0 Å². The van der Waals surface area contributed by atoms with Crippen LogP contribution < -0.4 is 0 Å². The molecule has 0 atom stereocenters. The van der Waals surface area contributed by atoms with E-state index in [1.165, 1.54) is 86.1 Å². The van der Waals surface area contributed by atoms with Crippen LogP contribution in [0.25, 0.3) is 10.2 Å². The maximum absolute atomic E-state index is 4.84. The van der Waals surface area contributed by atoms with Crippen LogP contribution >= 0.6 is 33.1 Å². The molecule has 0 amide bonds. The first kappa shape index (κ1) is 19.1. The summed E-state index contributed by atoms with van der Waals surface area (Å²) in [4.78, 5) is 4.84. The number of aromatic nitrogens is 1. The highest BCUT2D eigenvalue weighted by atomic mass is 33.1. The molecule has 0 bridgehead atoms. The van der Waals surface area contributed by atoms with Crippen LogP contribution in [0.4, 0.5) is 0 Å². The molecule has 2 aromatic rings. The standard InChI is InChI=1S/C21H30N2S3/c1-2-5-11-17(12-6-3-1)23(18-13-7-4-8-14-18)26-25-21-22-19-15-9-10-16-20(19)24-21/h9-10,15-18H,1-8,11-14H2. The van der Waals surface area contributed by atoms with Gasteiger partial charge in [-0.05, 0) is 59.6 Å². The Hall–Kier alpha value is -0.230. The Morgan fingerprint density at radius 3 is 2.04 bits per heavy atom. The average molecular weight is 407 g/mol. The molecule has 0 N–H and O–H groups in total. The first-order valence-electron chi connectivity index (χ1n) is 10.4. The molecule has 2 aliphatic rings. The molecule has 142 valence electrons. The van der Waals surface area contributed by atoms with Crippen LogP contribution in [0.5, 0.6) is 0 Å².